The molecule has 0 radical (unpaired) electrons. The summed E-state index contributed by atoms with van der Waals surface area (Å²) >= 11 is 13.4. The van der Waals surface area contributed by atoms with Gasteiger partial charge in [0.05, 0.1) is 0 Å². The van der Waals surface area contributed by atoms with Gasteiger partial charge in [-0.05, 0) is 42.0 Å². The van der Waals surface area contributed by atoms with Crippen LogP contribution < -0.4 is 10.6 Å². The summed E-state index contributed by atoms with van der Waals surface area (Å²) in [4.78, 5) is 36.4. The second kappa shape index (κ2) is 11.6. The molecule has 0 saturated heterocycles. The summed E-state index contributed by atoms with van der Waals surface area (Å²) < 4.78 is 0. The standard InChI is InChI=1S/C24H18Cl2N2O4S/c25-16-11-17(26)13-19(12-16)28-24(32)23(15-5-2-1-3-6-15)33-20-8-4-7-18(14-20)27-21(29)9-10-22(30)31/h1-14,23H,(H,27,29)(H,28,32)(H,30,31)/b10-9+. The minimum Gasteiger partial charge on any atom is -0.478 e. The monoisotopic (exact) mass is 500 g/mol. The zero-order chi connectivity index (χ0) is 23.8. The van der Waals surface area contributed by atoms with Gasteiger partial charge >= 0.3 is 5.97 Å². The van der Waals surface area contributed by atoms with E-state index in [-0.39, 0.29) is 5.91 Å². The predicted octanol–water partition coefficient (Wildman–Crippen LogP) is 6.04. The predicted molar refractivity (Wildman–Crippen MR) is 132 cm³/mol. The lowest BCUT2D eigenvalue weighted by atomic mass is 10.1. The molecule has 0 aliphatic carbocycles. The van der Waals surface area contributed by atoms with Crippen molar-refractivity contribution in [2.45, 2.75) is 10.1 Å². The van der Waals surface area contributed by atoms with Crippen LogP contribution in [-0.4, -0.2) is 22.9 Å². The second-order valence-corrected chi connectivity index (χ2v) is 8.80. The van der Waals surface area contributed by atoms with Gasteiger partial charge in [-0.15, -0.1) is 11.8 Å². The molecule has 168 valence electrons. The Morgan fingerprint density at radius 2 is 1.52 bits per heavy atom. The van der Waals surface area contributed by atoms with Crippen molar-refractivity contribution in [3.8, 4) is 0 Å². The number of carboxylic acids is 1. The van der Waals surface area contributed by atoms with Crippen LogP contribution in [0.4, 0.5) is 11.4 Å². The van der Waals surface area contributed by atoms with E-state index in [9.17, 15) is 14.4 Å². The Kier molecular flexibility index (Phi) is 8.54. The fourth-order valence-corrected chi connectivity index (χ4v) is 4.46. The number of amides is 2. The molecule has 0 bridgehead atoms. The number of carboxylic acid groups (broad SMARTS) is 1. The van der Waals surface area contributed by atoms with E-state index in [0.29, 0.717) is 21.4 Å². The molecule has 3 aromatic rings. The number of nitrogens with one attached hydrogen (secondary N) is 2. The third kappa shape index (κ3) is 7.68. The quantitative estimate of drug-likeness (QED) is 0.258. The van der Waals surface area contributed by atoms with Crippen molar-refractivity contribution in [2.75, 3.05) is 10.6 Å². The van der Waals surface area contributed by atoms with E-state index in [1.165, 1.54) is 11.8 Å². The number of carbonyl (C=O) groups is 3. The first kappa shape index (κ1) is 24.4. The van der Waals surface area contributed by atoms with Crippen molar-refractivity contribution in [3.63, 3.8) is 0 Å². The lowest BCUT2D eigenvalue weighted by Crippen LogP contribution is -2.19. The van der Waals surface area contributed by atoms with E-state index >= 15 is 0 Å². The number of hydrogen-bond donors (Lipinski definition) is 3. The average Bonchev–Trinajstić information content (AvgIpc) is 2.76. The first-order chi connectivity index (χ1) is 15.8. The van der Waals surface area contributed by atoms with Crippen LogP contribution in [0, 0.1) is 0 Å². The maximum atomic E-state index is 13.2. The van der Waals surface area contributed by atoms with Gasteiger partial charge in [-0.3, -0.25) is 9.59 Å². The molecular weight excluding hydrogens is 483 g/mol. The molecule has 33 heavy (non-hydrogen) atoms. The van der Waals surface area contributed by atoms with Crippen molar-refractivity contribution in [1.82, 2.24) is 0 Å². The van der Waals surface area contributed by atoms with Crippen LogP contribution >= 0.6 is 35.0 Å². The van der Waals surface area contributed by atoms with Crippen molar-refractivity contribution in [3.05, 3.63) is 101 Å². The molecular formula is C24H18Cl2N2O4S. The Morgan fingerprint density at radius 3 is 2.18 bits per heavy atom. The fraction of sp³-hybridized carbons (Fsp3) is 0.0417. The highest BCUT2D eigenvalue weighted by molar-refractivity contribution is 8.00. The highest BCUT2D eigenvalue weighted by Gasteiger charge is 2.22. The summed E-state index contributed by atoms with van der Waals surface area (Å²) in [6, 6.07) is 21.0. The van der Waals surface area contributed by atoms with Gasteiger partial charge in [0.15, 0.2) is 0 Å². The van der Waals surface area contributed by atoms with Gasteiger partial charge in [-0.2, -0.15) is 0 Å². The van der Waals surface area contributed by atoms with Crippen LogP contribution in [0.5, 0.6) is 0 Å². The highest BCUT2D eigenvalue weighted by Crippen LogP contribution is 2.37. The topological polar surface area (TPSA) is 95.5 Å². The van der Waals surface area contributed by atoms with Gasteiger partial charge < -0.3 is 15.7 Å². The SMILES string of the molecule is O=C(O)/C=C/C(=O)Nc1cccc(SC(C(=O)Nc2cc(Cl)cc(Cl)c2)c2ccccc2)c1. The van der Waals surface area contributed by atoms with Gasteiger partial charge in [0, 0.05) is 38.5 Å². The summed E-state index contributed by atoms with van der Waals surface area (Å²) in [5.74, 6) is -2.06. The highest BCUT2D eigenvalue weighted by atomic mass is 35.5. The van der Waals surface area contributed by atoms with Crippen molar-refractivity contribution >= 4 is 64.1 Å². The van der Waals surface area contributed by atoms with E-state index in [1.807, 2.05) is 36.4 Å². The molecule has 0 aromatic heterocycles. The Balaban J connectivity index is 1.82. The van der Waals surface area contributed by atoms with Crippen molar-refractivity contribution in [1.29, 1.82) is 0 Å². The number of carbonyl (C=O) groups excluding carboxylic acids is 2. The number of thioether (sulfide) groups is 1. The molecule has 0 saturated carbocycles. The molecule has 3 rings (SSSR count). The number of anilines is 2. The van der Waals surface area contributed by atoms with Gasteiger partial charge in [0.1, 0.15) is 5.25 Å². The summed E-state index contributed by atoms with van der Waals surface area (Å²) in [7, 11) is 0. The van der Waals surface area contributed by atoms with Crippen molar-refractivity contribution < 1.29 is 19.5 Å². The molecule has 6 nitrogen and oxygen atoms in total. The van der Waals surface area contributed by atoms with E-state index in [2.05, 4.69) is 10.6 Å². The van der Waals surface area contributed by atoms with Gasteiger partial charge in [0.25, 0.3) is 0 Å². The van der Waals surface area contributed by atoms with Crippen LogP contribution in [0.15, 0.2) is 89.8 Å². The Labute approximate surface area is 204 Å². The first-order valence-corrected chi connectivity index (χ1v) is 11.2. The summed E-state index contributed by atoms with van der Waals surface area (Å²) in [6.45, 7) is 0. The maximum Gasteiger partial charge on any atom is 0.328 e. The molecule has 1 atom stereocenters. The molecule has 3 aromatic carbocycles. The van der Waals surface area contributed by atoms with Crippen LogP contribution in [0.3, 0.4) is 0 Å². The van der Waals surface area contributed by atoms with E-state index in [0.717, 1.165) is 22.6 Å². The molecule has 9 heteroatoms. The molecule has 1 unspecified atom stereocenters. The van der Waals surface area contributed by atoms with Crippen LogP contribution in [-0.2, 0) is 14.4 Å². The van der Waals surface area contributed by atoms with Gasteiger partial charge in [0.2, 0.25) is 11.8 Å². The Bertz CT molecular complexity index is 1180. The molecule has 0 spiro atoms. The number of benzene rings is 3. The smallest absolute Gasteiger partial charge is 0.328 e. The third-order valence-corrected chi connectivity index (χ3v) is 5.89. The minimum atomic E-state index is -1.22. The number of hydrogen-bond acceptors (Lipinski definition) is 4. The van der Waals surface area contributed by atoms with Gasteiger partial charge in [-0.1, -0.05) is 59.6 Å². The van der Waals surface area contributed by atoms with Crippen LogP contribution in [0.25, 0.3) is 0 Å². The number of halogens is 2. The second-order valence-electron chi connectivity index (χ2n) is 6.74. The Morgan fingerprint density at radius 1 is 0.818 bits per heavy atom. The molecule has 2 amide bonds. The maximum absolute atomic E-state index is 13.2. The summed E-state index contributed by atoms with van der Waals surface area (Å²) in [5.41, 5.74) is 1.73. The normalized spacial score (nSPS) is 11.7. The lowest BCUT2D eigenvalue weighted by molar-refractivity contribution is -0.131. The van der Waals surface area contributed by atoms with E-state index in [4.69, 9.17) is 28.3 Å². The fourth-order valence-electron chi connectivity index (χ4n) is 2.85. The average molecular weight is 501 g/mol. The van der Waals surface area contributed by atoms with E-state index < -0.39 is 17.1 Å². The molecule has 0 aliphatic rings. The van der Waals surface area contributed by atoms with Crippen LogP contribution in [0.1, 0.15) is 10.8 Å². The number of aliphatic carboxylic acids is 1. The molecule has 0 aliphatic heterocycles. The largest absolute Gasteiger partial charge is 0.478 e. The minimum absolute atomic E-state index is 0.275. The van der Waals surface area contributed by atoms with Crippen molar-refractivity contribution in [2.24, 2.45) is 0 Å². The molecule has 3 N–H and O–H groups in total. The zero-order valence-corrected chi connectivity index (χ0v) is 19.3. The Hall–Kier alpha value is -3.26. The van der Waals surface area contributed by atoms with Gasteiger partial charge in [-0.25, -0.2) is 4.79 Å². The lowest BCUT2D eigenvalue weighted by Gasteiger charge is -2.18. The first-order valence-electron chi connectivity index (χ1n) is 9.61. The molecule has 0 fully saturated rings. The van der Waals surface area contributed by atoms with Crippen LogP contribution in [0.2, 0.25) is 10.0 Å². The summed E-state index contributed by atoms with van der Waals surface area (Å²) in [6.07, 6.45) is 1.68. The zero-order valence-electron chi connectivity index (χ0n) is 17.0. The molecule has 0 heterocycles. The summed E-state index contributed by atoms with van der Waals surface area (Å²) in [5, 5.41) is 14.3. The van der Waals surface area contributed by atoms with E-state index in [1.54, 1.807) is 36.4 Å². The number of rotatable bonds is 8. The third-order valence-electron chi connectivity index (χ3n) is 4.20.